The van der Waals surface area contributed by atoms with E-state index in [9.17, 15) is 4.79 Å². The van der Waals surface area contributed by atoms with Crippen molar-refractivity contribution in [1.82, 2.24) is 20.1 Å². The first kappa shape index (κ1) is 16.4. The number of rotatable bonds is 5. The third kappa shape index (κ3) is 3.91. The van der Waals surface area contributed by atoms with Crippen LogP contribution in [0, 0.1) is 6.92 Å². The molecule has 0 atom stereocenters. The van der Waals surface area contributed by atoms with Crippen molar-refractivity contribution in [1.29, 1.82) is 0 Å². The SMILES string of the molecule is COc1ccc(CC(=O)N2CCN(Cc3nonc3C)CC2)cc1. The van der Waals surface area contributed by atoms with Crippen molar-refractivity contribution in [2.75, 3.05) is 33.3 Å². The van der Waals surface area contributed by atoms with Gasteiger partial charge in [0, 0.05) is 32.7 Å². The number of aromatic nitrogens is 2. The Bertz CT molecular complexity index is 675. The van der Waals surface area contributed by atoms with Gasteiger partial charge in [0.25, 0.3) is 0 Å². The molecule has 1 amide bonds. The van der Waals surface area contributed by atoms with E-state index in [1.54, 1.807) is 7.11 Å². The first-order valence-electron chi connectivity index (χ1n) is 8.07. The summed E-state index contributed by atoms with van der Waals surface area (Å²) < 4.78 is 9.87. The van der Waals surface area contributed by atoms with Crippen molar-refractivity contribution in [2.24, 2.45) is 0 Å². The van der Waals surface area contributed by atoms with Gasteiger partial charge in [-0.1, -0.05) is 22.4 Å². The highest BCUT2D eigenvalue weighted by atomic mass is 16.6. The molecule has 0 saturated carbocycles. The molecular weight excluding hydrogens is 308 g/mol. The molecule has 1 aliphatic heterocycles. The zero-order valence-corrected chi connectivity index (χ0v) is 14.1. The smallest absolute Gasteiger partial charge is 0.227 e. The monoisotopic (exact) mass is 330 g/mol. The van der Waals surface area contributed by atoms with Crippen LogP contribution >= 0.6 is 0 Å². The van der Waals surface area contributed by atoms with Crippen molar-refractivity contribution in [3.63, 3.8) is 0 Å². The van der Waals surface area contributed by atoms with Crippen LogP contribution in [0.5, 0.6) is 5.75 Å². The average molecular weight is 330 g/mol. The van der Waals surface area contributed by atoms with Crippen molar-refractivity contribution in [3.8, 4) is 5.75 Å². The molecule has 1 aliphatic rings. The van der Waals surface area contributed by atoms with E-state index in [1.807, 2.05) is 36.1 Å². The first-order chi connectivity index (χ1) is 11.7. The normalized spacial score (nSPS) is 15.5. The fraction of sp³-hybridized carbons (Fsp3) is 0.471. The Kier molecular flexibility index (Phi) is 5.10. The molecule has 2 aromatic rings. The molecule has 2 heterocycles. The Hall–Kier alpha value is -2.41. The number of piperazine rings is 1. The number of amides is 1. The number of carbonyl (C=O) groups is 1. The van der Waals surface area contributed by atoms with E-state index in [-0.39, 0.29) is 5.91 Å². The van der Waals surface area contributed by atoms with Crippen molar-refractivity contribution < 1.29 is 14.2 Å². The van der Waals surface area contributed by atoms with Gasteiger partial charge >= 0.3 is 0 Å². The topological polar surface area (TPSA) is 71.7 Å². The summed E-state index contributed by atoms with van der Waals surface area (Å²) in [4.78, 5) is 16.6. The summed E-state index contributed by atoms with van der Waals surface area (Å²) in [6, 6.07) is 7.64. The minimum atomic E-state index is 0.166. The number of benzene rings is 1. The summed E-state index contributed by atoms with van der Waals surface area (Å²) in [7, 11) is 1.64. The van der Waals surface area contributed by atoms with Crippen LogP contribution in [0.4, 0.5) is 0 Å². The van der Waals surface area contributed by atoms with E-state index >= 15 is 0 Å². The molecule has 7 heteroatoms. The van der Waals surface area contributed by atoms with Crippen LogP contribution in [-0.2, 0) is 17.8 Å². The highest BCUT2D eigenvalue weighted by molar-refractivity contribution is 5.78. The third-order valence-corrected chi connectivity index (χ3v) is 4.36. The van der Waals surface area contributed by atoms with E-state index in [2.05, 4.69) is 15.2 Å². The lowest BCUT2D eigenvalue weighted by Crippen LogP contribution is -2.48. The van der Waals surface area contributed by atoms with Crippen LogP contribution in [0.3, 0.4) is 0 Å². The highest BCUT2D eigenvalue weighted by Crippen LogP contribution is 2.14. The molecule has 1 aromatic heterocycles. The standard InChI is InChI=1S/C17H22N4O3/c1-13-16(19-24-18-13)12-20-7-9-21(10-8-20)17(22)11-14-3-5-15(23-2)6-4-14/h3-6H,7-12H2,1-2H3. The van der Waals surface area contributed by atoms with Gasteiger partial charge < -0.3 is 9.64 Å². The van der Waals surface area contributed by atoms with Crippen LogP contribution in [0.1, 0.15) is 17.0 Å². The molecule has 1 aromatic carbocycles. The summed E-state index contributed by atoms with van der Waals surface area (Å²) in [6.07, 6.45) is 0.427. The lowest BCUT2D eigenvalue weighted by atomic mass is 10.1. The number of hydrogen-bond donors (Lipinski definition) is 0. The molecule has 0 spiro atoms. The molecule has 0 aliphatic carbocycles. The van der Waals surface area contributed by atoms with E-state index in [0.29, 0.717) is 6.42 Å². The molecule has 3 rings (SSSR count). The van der Waals surface area contributed by atoms with Gasteiger partial charge in [-0.25, -0.2) is 4.63 Å². The largest absolute Gasteiger partial charge is 0.497 e. The van der Waals surface area contributed by atoms with Gasteiger partial charge in [0.1, 0.15) is 17.1 Å². The number of carbonyl (C=O) groups excluding carboxylic acids is 1. The molecule has 0 radical (unpaired) electrons. The van der Waals surface area contributed by atoms with Crippen molar-refractivity contribution >= 4 is 5.91 Å². The Morgan fingerprint density at radius 2 is 1.88 bits per heavy atom. The molecule has 0 bridgehead atoms. The Morgan fingerprint density at radius 3 is 2.46 bits per heavy atom. The van der Waals surface area contributed by atoms with Gasteiger partial charge in [-0.2, -0.15) is 0 Å². The molecule has 0 unspecified atom stereocenters. The summed E-state index contributed by atoms with van der Waals surface area (Å²) in [5, 5.41) is 7.71. The molecule has 128 valence electrons. The maximum Gasteiger partial charge on any atom is 0.227 e. The zero-order chi connectivity index (χ0) is 16.9. The predicted molar refractivity (Wildman–Crippen MR) is 87.6 cm³/mol. The second-order valence-electron chi connectivity index (χ2n) is 5.98. The van der Waals surface area contributed by atoms with Crippen LogP contribution in [0.25, 0.3) is 0 Å². The molecule has 1 fully saturated rings. The average Bonchev–Trinajstić information content (AvgIpc) is 3.01. The molecule has 7 nitrogen and oxygen atoms in total. The van der Waals surface area contributed by atoms with Crippen LogP contribution < -0.4 is 4.74 Å². The summed E-state index contributed by atoms with van der Waals surface area (Å²) >= 11 is 0. The van der Waals surface area contributed by atoms with Gasteiger partial charge in [0.05, 0.1) is 13.5 Å². The number of aryl methyl sites for hydroxylation is 1. The quantitative estimate of drug-likeness (QED) is 0.822. The Labute approximate surface area is 141 Å². The summed E-state index contributed by atoms with van der Waals surface area (Å²) in [5.74, 6) is 0.969. The third-order valence-electron chi connectivity index (χ3n) is 4.36. The maximum absolute atomic E-state index is 12.4. The van der Waals surface area contributed by atoms with Gasteiger partial charge in [-0.3, -0.25) is 9.69 Å². The fourth-order valence-corrected chi connectivity index (χ4v) is 2.79. The van der Waals surface area contributed by atoms with Gasteiger partial charge in [-0.05, 0) is 24.6 Å². The van der Waals surface area contributed by atoms with E-state index in [4.69, 9.17) is 9.37 Å². The lowest BCUT2D eigenvalue weighted by molar-refractivity contribution is -0.132. The highest BCUT2D eigenvalue weighted by Gasteiger charge is 2.22. The van der Waals surface area contributed by atoms with Crippen molar-refractivity contribution in [2.45, 2.75) is 19.9 Å². The summed E-state index contributed by atoms with van der Waals surface area (Å²) in [5.41, 5.74) is 2.70. The van der Waals surface area contributed by atoms with Crippen LogP contribution in [0.2, 0.25) is 0 Å². The van der Waals surface area contributed by atoms with Crippen LogP contribution in [0.15, 0.2) is 28.9 Å². The lowest BCUT2D eigenvalue weighted by Gasteiger charge is -2.34. The zero-order valence-electron chi connectivity index (χ0n) is 14.1. The minimum Gasteiger partial charge on any atom is -0.497 e. The Morgan fingerprint density at radius 1 is 1.17 bits per heavy atom. The fourth-order valence-electron chi connectivity index (χ4n) is 2.79. The van der Waals surface area contributed by atoms with Gasteiger partial charge in [0.15, 0.2) is 0 Å². The van der Waals surface area contributed by atoms with Gasteiger partial charge in [-0.15, -0.1) is 0 Å². The summed E-state index contributed by atoms with van der Waals surface area (Å²) in [6.45, 7) is 5.75. The second-order valence-corrected chi connectivity index (χ2v) is 5.98. The number of hydrogen-bond acceptors (Lipinski definition) is 6. The number of ether oxygens (including phenoxy) is 1. The van der Waals surface area contributed by atoms with Gasteiger partial charge in [0.2, 0.25) is 5.91 Å². The maximum atomic E-state index is 12.4. The minimum absolute atomic E-state index is 0.166. The van der Waals surface area contributed by atoms with E-state index in [0.717, 1.165) is 55.4 Å². The second kappa shape index (κ2) is 7.44. The number of methoxy groups -OCH3 is 1. The number of nitrogens with zero attached hydrogens (tertiary/aromatic N) is 4. The van der Waals surface area contributed by atoms with E-state index in [1.165, 1.54) is 0 Å². The molecule has 1 saturated heterocycles. The van der Waals surface area contributed by atoms with E-state index < -0.39 is 0 Å². The van der Waals surface area contributed by atoms with Crippen LogP contribution in [-0.4, -0.2) is 59.3 Å². The first-order valence-corrected chi connectivity index (χ1v) is 8.07. The molecule has 24 heavy (non-hydrogen) atoms. The molecule has 0 N–H and O–H groups in total. The molecular formula is C17H22N4O3. The predicted octanol–water partition coefficient (Wildman–Crippen LogP) is 1.27. The Balaban J connectivity index is 1.48. The van der Waals surface area contributed by atoms with Crippen molar-refractivity contribution in [3.05, 3.63) is 41.2 Å².